The molecule has 0 aliphatic carbocycles. The van der Waals surface area contributed by atoms with Gasteiger partial charge in [0.05, 0.1) is 6.54 Å². The molecule has 0 heterocycles. The molecule has 5 nitrogen and oxygen atoms in total. The first-order valence-electron chi connectivity index (χ1n) is 8.10. The average Bonchev–Trinajstić information content (AvgIpc) is 2.64. The van der Waals surface area contributed by atoms with E-state index in [1.165, 1.54) is 0 Å². The number of hydrogen-bond donors (Lipinski definition) is 2. The van der Waals surface area contributed by atoms with Gasteiger partial charge in [-0.05, 0) is 41.8 Å². The summed E-state index contributed by atoms with van der Waals surface area (Å²) in [4.78, 5) is 23.1. The van der Waals surface area contributed by atoms with Crippen molar-refractivity contribution in [3.05, 3.63) is 53.0 Å². The van der Waals surface area contributed by atoms with Gasteiger partial charge in [0.25, 0.3) is 5.91 Å². The van der Waals surface area contributed by atoms with Crippen molar-refractivity contribution >= 4 is 27.7 Å². The van der Waals surface area contributed by atoms with Gasteiger partial charge in [0.15, 0.2) is 6.61 Å². The van der Waals surface area contributed by atoms with Crippen molar-refractivity contribution in [1.29, 1.82) is 0 Å². The highest BCUT2D eigenvalue weighted by Crippen LogP contribution is 2.24. The van der Waals surface area contributed by atoms with Crippen molar-refractivity contribution in [2.45, 2.75) is 13.3 Å². The zero-order valence-corrected chi connectivity index (χ0v) is 15.6. The number of carbonyl (C=O) groups is 2. The minimum Gasteiger partial charge on any atom is -0.484 e. The summed E-state index contributed by atoms with van der Waals surface area (Å²) in [6.45, 7) is 2.41. The number of ether oxygens (including phenoxy) is 1. The lowest BCUT2D eigenvalue weighted by Gasteiger charge is -2.09. The molecule has 0 aliphatic heterocycles. The van der Waals surface area contributed by atoms with E-state index >= 15 is 0 Å². The lowest BCUT2D eigenvalue weighted by molar-refractivity contribution is -0.127. The first-order valence-corrected chi connectivity index (χ1v) is 8.90. The van der Waals surface area contributed by atoms with E-state index in [4.69, 9.17) is 4.74 Å². The van der Waals surface area contributed by atoms with E-state index in [0.717, 1.165) is 22.0 Å². The summed E-state index contributed by atoms with van der Waals surface area (Å²) in [7, 11) is 0. The van der Waals surface area contributed by atoms with Gasteiger partial charge in [-0.25, -0.2) is 0 Å². The summed E-state index contributed by atoms with van der Waals surface area (Å²) in [6, 6.07) is 15.5. The monoisotopic (exact) mass is 404 g/mol. The van der Waals surface area contributed by atoms with Crippen LogP contribution in [0.5, 0.6) is 5.75 Å². The molecule has 0 atom stereocenters. The van der Waals surface area contributed by atoms with Gasteiger partial charge in [-0.15, -0.1) is 0 Å². The van der Waals surface area contributed by atoms with Crippen LogP contribution in [-0.2, 0) is 9.59 Å². The van der Waals surface area contributed by atoms with Crippen LogP contribution < -0.4 is 15.4 Å². The highest BCUT2D eigenvalue weighted by molar-refractivity contribution is 9.10. The van der Waals surface area contributed by atoms with Crippen LogP contribution in [0.25, 0.3) is 11.1 Å². The maximum absolute atomic E-state index is 11.7. The molecule has 0 aromatic heterocycles. The van der Waals surface area contributed by atoms with Crippen molar-refractivity contribution in [1.82, 2.24) is 10.6 Å². The molecule has 0 radical (unpaired) electrons. The van der Waals surface area contributed by atoms with Crippen molar-refractivity contribution in [2.24, 2.45) is 0 Å². The summed E-state index contributed by atoms with van der Waals surface area (Å²) in [6.07, 6.45) is 0.860. The molecule has 0 aliphatic rings. The Morgan fingerprint density at radius 3 is 2.12 bits per heavy atom. The van der Waals surface area contributed by atoms with Gasteiger partial charge in [-0.3, -0.25) is 9.59 Å². The quantitative estimate of drug-likeness (QED) is 0.709. The molecule has 0 saturated carbocycles. The Morgan fingerprint density at radius 2 is 1.52 bits per heavy atom. The van der Waals surface area contributed by atoms with E-state index in [0.29, 0.717) is 12.3 Å². The number of benzene rings is 2. The second-order valence-electron chi connectivity index (χ2n) is 5.45. The molecule has 6 heteroatoms. The number of carbonyl (C=O) groups excluding carboxylic acids is 2. The van der Waals surface area contributed by atoms with Crippen LogP contribution in [0, 0.1) is 0 Å². The molecule has 2 aromatic carbocycles. The molecule has 0 unspecified atom stereocenters. The van der Waals surface area contributed by atoms with Crippen molar-refractivity contribution < 1.29 is 14.3 Å². The summed E-state index contributed by atoms with van der Waals surface area (Å²) >= 11 is 3.41. The third-order valence-electron chi connectivity index (χ3n) is 3.42. The maximum atomic E-state index is 11.7. The van der Waals surface area contributed by atoms with E-state index in [2.05, 4.69) is 26.6 Å². The number of amides is 2. The molecule has 132 valence electrons. The molecule has 2 rings (SSSR count). The summed E-state index contributed by atoms with van der Waals surface area (Å²) in [5, 5.41) is 5.21. The molecule has 25 heavy (non-hydrogen) atoms. The van der Waals surface area contributed by atoms with Crippen LogP contribution in [0.4, 0.5) is 0 Å². The van der Waals surface area contributed by atoms with Crippen LogP contribution in [0.3, 0.4) is 0 Å². The van der Waals surface area contributed by atoms with Gasteiger partial charge < -0.3 is 15.4 Å². The fraction of sp³-hybridized carbons (Fsp3) is 0.263. The Balaban J connectivity index is 1.78. The van der Waals surface area contributed by atoms with Crippen LogP contribution >= 0.6 is 15.9 Å². The maximum Gasteiger partial charge on any atom is 0.258 e. The van der Waals surface area contributed by atoms with Gasteiger partial charge in [-0.2, -0.15) is 0 Å². The van der Waals surface area contributed by atoms with Crippen molar-refractivity contribution in [2.75, 3.05) is 19.7 Å². The standard InChI is InChI=1S/C19H21BrN2O3/c1-2-11-21-18(23)12-22-19(24)13-25-17-9-5-15(6-10-17)14-3-7-16(20)8-4-14/h3-10H,2,11-13H2,1H3,(H,21,23)(H,22,24). The van der Waals surface area contributed by atoms with Gasteiger partial charge in [0.1, 0.15) is 5.75 Å². The zero-order valence-electron chi connectivity index (χ0n) is 14.0. The van der Waals surface area contributed by atoms with E-state index in [9.17, 15) is 9.59 Å². The van der Waals surface area contributed by atoms with Gasteiger partial charge in [-0.1, -0.05) is 47.1 Å². The third-order valence-corrected chi connectivity index (χ3v) is 3.95. The van der Waals surface area contributed by atoms with Crippen LogP contribution in [-0.4, -0.2) is 31.5 Å². The normalized spacial score (nSPS) is 10.2. The topological polar surface area (TPSA) is 67.4 Å². The highest BCUT2D eigenvalue weighted by Gasteiger charge is 2.06. The predicted octanol–water partition coefficient (Wildman–Crippen LogP) is 3.14. The van der Waals surface area contributed by atoms with E-state index in [1.54, 1.807) is 0 Å². The van der Waals surface area contributed by atoms with Gasteiger partial charge >= 0.3 is 0 Å². The Hall–Kier alpha value is -2.34. The zero-order chi connectivity index (χ0) is 18.1. The van der Waals surface area contributed by atoms with Gasteiger partial charge in [0, 0.05) is 11.0 Å². The number of halogens is 1. The molecule has 0 saturated heterocycles. The summed E-state index contributed by atoms with van der Waals surface area (Å²) < 4.78 is 6.47. The molecule has 2 amide bonds. The van der Waals surface area contributed by atoms with Crippen molar-refractivity contribution in [3.63, 3.8) is 0 Å². The molecule has 0 fully saturated rings. The van der Waals surface area contributed by atoms with E-state index < -0.39 is 0 Å². The largest absolute Gasteiger partial charge is 0.484 e. The third kappa shape index (κ3) is 6.58. The Labute approximate surface area is 155 Å². The molecule has 2 aromatic rings. The first kappa shape index (κ1) is 19.0. The Morgan fingerprint density at radius 1 is 0.920 bits per heavy atom. The molecule has 2 N–H and O–H groups in total. The SMILES string of the molecule is CCCNC(=O)CNC(=O)COc1ccc(-c2ccc(Br)cc2)cc1. The lowest BCUT2D eigenvalue weighted by atomic mass is 10.1. The second kappa shape index (κ2) is 9.84. The van der Waals surface area contributed by atoms with E-state index in [-0.39, 0.29) is 25.0 Å². The number of hydrogen-bond acceptors (Lipinski definition) is 3. The lowest BCUT2D eigenvalue weighted by Crippen LogP contribution is -2.39. The number of rotatable bonds is 8. The molecular formula is C19H21BrN2O3. The summed E-state index contributed by atoms with van der Waals surface area (Å²) in [5.74, 6) is 0.0733. The van der Waals surface area contributed by atoms with Gasteiger partial charge in [0.2, 0.25) is 5.91 Å². The second-order valence-corrected chi connectivity index (χ2v) is 6.36. The molecule has 0 bridgehead atoms. The fourth-order valence-corrected chi connectivity index (χ4v) is 2.36. The van der Waals surface area contributed by atoms with Crippen LogP contribution in [0.2, 0.25) is 0 Å². The smallest absolute Gasteiger partial charge is 0.258 e. The predicted molar refractivity (Wildman–Crippen MR) is 101 cm³/mol. The molecular weight excluding hydrogens is 384 g/mol. The van der Waals surface area contributed by atoms with Crippen LogP contribution in [0.15, 0.2) is 53.0 Å². The fourth-order valence-electron chi connectivity index (χ4n) is 2.09. The number of nitrogens with one attached hydrogen (secondary N) is 2. The minimum absolute atomic E-state index is 0.0370. The van der Waals surface area contributed by atoms with Crippen molar-refractivity contribution in [3.8, 4) is 16.9 Å². The Bertz CT molecular complexity index is 700. The highest BCUT2D eigenvalue weighted by atomic mass is 79.9. The summed E-state index contributed by atoms with van der Waals surface area (Å²) in [5.41, 5.74) is 2.17. The Kier molecular flexibility index (Phi) is 7.47. The minimum atomic E-state index is -0.330. The average molecular weight is 405 g/mol. The first-order chi connectivity index (χ1) is 12.1. The van der Waals surface area contributed by atoms with Crippen LogP contribution in [0.1, 0.15) is 13.3 Å². The molecule has 0 spiro atoms. The van der Waals surface area contributed by atoms with E-state index in [1.807, 2.05) is 55.5 Å².